The number of benzene rings is 4. The number of carbonyl (C=O) groups excluding carboxylic acids is 1. The first-order chi connectivity index (χ1) is 14.6. The minimum Gasteiger partial charge on any atom is -0.478 e. The Morgan fingerprint density at radius 3 is 1.40 bits per heavy atom. The van der Waals surface area contributed by atoms with Crippen molar-refractivity contribution in [2.75, 3.05) is 5.32 Å². The van der Waals surface area contributed by atoms with Crippen molar-refractivity contribution >= 4 is 23.1 Å². The molecule has 0 unspecified atom stereocenters. The maximum Gasteiger partial charge on any atom is 0.336 e. The van der Waals surface area contributed by atoms with Gasteiger partial charge in [0.2, 0.25) is 0 Å². The molecule has 0 saturated carbocycles. The highest BCUT2D eigenvalue weighted by molar-refractivity contribution is 6.14. The van der Waals surface area contributed by atoms with Crippen LogP contribution in [0, 0.1) is 0 Å². The molecule has 0 atom stereocenters. The summed E-state index contributed by atoms with van der Waals surface area (Å²) in [5.41, 5.74) is 2.97. The zero-order valence-electron chi connectivity index (χ0n) is 16.2. The Morgan fingerprint density at radius 2 is 0.933 bits per heavy atom. The zero-order valence-corrected chi connectivity index (χ0v) is 16.2. The number of rotatable bonds is 5. The van der Waals surface area contributed by atoms with Crippen LogP contribution >= 0.6 is 0 Å². The molecule has 4 aromatic carbocycles. The number of hydrogen-bond donors (Lipinski definition) is 2. The number of hydrogen-bond acceptors (Lipinski definition) is 3. The molecule has 0 amide bonds. The van der Waals surface area contributed by atoms with Gasteiger partial charge in [-0.25, -0.2) is 4.79 Å². The van der Waals surface area contributed by atoms with Crippen molar-refractivity contribution in [2.24, 2.45) is 0 Å². The molecule has 4 rings (SSSR count). The van der Waals surface area contributed by atoms with E-state index in [2.05, 4.69) is 5.32 Å². The molecule has 30 heavy (non-hydrogen) atoms. The van der Waals surface area contributed by atoms with Crippen LogP contribution in [0.1, 0.15) is 26.3 Å². The van der Waals surface area contributed by atoms with Gasteiger partial charge < -0.3 is 10.4 Å². The Hall–Kier alpha value is -4.18. The third-order valence-electron chi connectivity index (χ3n) is 4.27. The molecule has 0 saturated heterocycles. The van der Waals surface area contributed by atoms with Gasteiger partial charge >= 0.3 is 5.97 Å². The van der Waals surface area contributed by atoms with Crippen molar-refractivity contribution in [3.8, 4) is 0 Å². The fourth-order valence-electron chi connectivity index (χ4n) is 2.82. The third kappa shape index (κ3) is 5.66. The minimum atomic E-state index is -1.09. The molecule has 4 heteroatoms. The number of ketones is 1. The molecule has 0 bridgehead atoms. The first kappa shape index (κ1) is 20.6. The van der Waals surface area contributed by atoms with Crippen LogP contribution in [0.5, 0.6) is 0 Å². The molecule has 4 nitrogen and oxygen atoms in total. The first-order valence-electron chi connectivity index (χ1n) is 9.44. The van der Waals surface area contributed by atoms with Gasteiger partial charge in [0.25, 0.3) is 0 Å². The van der Waals surface area contributed by atoms with Crippen LogP contribution in [0.15, 0.2) is 115 Å². The van der Waals surface area contributed by atoms with Crippen molar-refractivity contribution in [1.29, 1.82) is 0 Å². The second-order valence-corrected chi connectivity index (χ2v) is 6.40. The van der Waals surface area contributed by atoms with Crippen LogP contribution in [0.2, 0.25) is 0 Å². The van der Waals surface area contributed by atoms with Gasteiger partial charge in [0.1, 0.15) is 0 Å². The summed E-state index contributed by atoms with van der Waals surface area (Å²) >= 11 is 0. The van der Waals surface area contributed by atoms with Gasteiger partial charge in [0, 0.05) is 22.5 Å². The Labute approximate surface area is 175 Å². The minimum absolute atomic E-state index is 0.0290. The molecule has 0 aliphatic carbocycles. The summed E-state index contributed by atoms with van der Waals surface area (Å²) in [6.45, 7) is 0. The Bertz CT molecular complexity index is 1060. The van der Waals surface area contributed by atoms with Crippen LogP contribution in [0.4, 0.5) is 11.4 Å². The van der Waals surface area contributed by atoms with E-state index in [9.17, 15) is 9.59 Å². The second-order valence-electron chi connectivity index (χ2n) is 6.40. The molecule has 0 spiro atoms. The topological polar surface area (TPSA) is 66.4 Å². The standard InChI is InChI=1S/C14H10O3.C12H11N/c15-13(10-6-2-1-3-7-10)11-8-4-5-9-12(11)14(16)17;1-3-7-11(8-4-1)13-12-9-5-2-6-10-12/h1-9H,(H,16,17);1-10,13H. The molecule has 0 aliphatic heterocycles. The fraction of sp³-hybridized carbons (Fsp3) is 0. The van der Waals surface area contributed by atoms with E-state index in [-0.39, 0.29) is 16.9 Å². The van der Waals surface area contributed by atoms with Crippen molar-refractivity contribution in [3.63, 3.8) is 0 Å². The zero-order chi connectivity index (χ0) is 21.2. The monoisotopic (exact) mass is 395 g/mol. The number of nitrogens with one attached hydrogen (secondary N) is 1. The van der Waals surface area contributed by atoms with E-state index in [4.69, 9.17) is 5.11 Å². The van der Waals surface area contributed by atoms with Gasteiger partial charge in [-0.2, -0.15) is 0 Å². The molecular weight excluding hydrogens is 374 g/mol. The lowest BCUT2D eigenvalue weighted by Crippen LogP contribution is -2.09. The lowest BCUT2D eigenvalue weighted by atomic mass is 9.98. The number of anilines is 2. The summed E-state index contributed by atoms with van der Waals surface area (Å²) in [7, 11) is 0. The number of carbonyl (C=O) groups is 2. The van der Waals surface area contributed by atoms with E-state index in [0.29, 0.717) is 5.56 Å². The number of carboxylic acid groups (broad SMARTS) is 1. The van der Waals surface area contributed by atoms with E-state index in [0.717, 1.165) is 11.4 Å². The summed E-state index contributed by atoms with van der Waals surface area (Å²) in [5, 5.41) is 12.3. The molecule has 4 aromatic rings. The SMILES string of the molecule is O=C(O)c1ccccc1C(=O)c1ccccc1.c1ccc(Nc2ccccc2)cc1. The maximum absolute atomic E-state index is 12.1. The molecule has 148 valence electrons. The number of para-hydroxylation sites is 2. The highest BCUT2D eigenvalue weighted by atomic mass is 16.4. The predicted octanol–water partition coefficient (Wildman–Crippen LogP) is 6.05. The predicted molar refractivity (Wildman–Crippen MR) is 119 cm³/mol. The van der Waals surface area contributed by atoms with Crippen molar-refractivity contribution < 1.29 is 14.7 Å². The normalized spacial score (nSPS) is 9.73. The number of aromatic carboxylic acids is 1. The summed E-state index contributed by atoms with van der Waals surface area (Å²) in [5.74, 6) is -1.37. The van der Waals surface area contributed by atoms with E-state index < -0.39 is 5.97 Å². The summed E-state index contributed by atoms with van der Waals surface area (Å²) in [6, 6.07) is 35.1. The molecule has 0 radical (unpaired) electrons. The van der Waals surface area contributed by atoms with Gasteiger partial charge in [-0.1, -0.05) is 84.9 Å². The Balaban J connectivity index is 0.000000177. The molecule has 0 aromatic heterocycles. The van der Waals surface area contributed by atoms with E-state index in [1.54, 1.807) is 42.5 Å². The maximum atomic E-state index is 12.1. The van der Waals surface area contributed by atoms with Crippen LogP contribution in [0.3, 0.4) is 0 Å². The molecule has 0 heterocycles. The van der Waals surface area contributed by atoms with Crippen LogP contribution in [-0.4, -0.2) is 16.9 Å². The Kier molecular flexibility index (Phi) is 7.12. The lowest BCUT2D eigenvalue weighted by Gasteiger charge is -2.04. The molecular formula is C26H21NO3. The van der Waals surface area contributed by atoms with Gasteiger partial charge in [0.15, 0.2) is 5.78 Å². The van der Waals surface area contributed by atoms with E-state index in [1.165, 1.54) is 12.1 Å². The lowest BCUT2D eigenvalue weighted by molar-refractivity contribution is 0.0693. The highest BCUT2D eigenvalue weighted by Gasteiger charge is 2.16. The first-order valence-corrected chi connectivity index (χ1v) is 9.44. The second kappa shape index (κ2) is 10.4. The fourth-order valence-corrected chi connectivity index (χ4v) is 2.82. The van der Waals surface area contributed by atoms with Gasteiger partial charge in [-0.15, -0.1) is 0 Å². The van der Waals surface area contributed by atoms with Crippen LogP contribution in [-0.2, 0) is 0 Å². The summed E-state index contributed by atoms with van der Waals surface area (Å²) in [6.07, 6.45) is 0. The smallest absolute Gasteiger partial charge is 0.336 e. The van der Waals surface area contributed by atoms with Crippen molar-refractivity contribution in [2.45, 2.75) is 0 Å². The van der Waals surface area contributed by atoms with Crippen molar-refractivity contribution in [3.05, 3.63) is 132 Å². The van der Waals surface area contributed by atoms with E-state index >= 15 is 0 Å². The molecule has 2 N–H and O–H groups in total. The Morgan fingerprint density at radius 1 is 0.533 bits per heavy atom. The van der Waals surface area contributed by atoms with Gasteiger partial charge in [0.05, 0.1) is 5.56 Å². The van der Waals surface area contributed by atoms with Crippen LogP contribution < -0.4 is 5.32 Å². The highest BCUT2D eigenvalue weighted by Crippen LogP contribution is 2.15. The van der Waals surface area contributed by atoms with Gasteiger partial charge in [-0.05, 0) is 30.3 Å². The number of carboxylic acids is 1. The van der Waals surface area contributed by atoms with Gasteiger partial charge in [-0.3, -0.25) is 4.79 Å². The third-order valence-corrected chi connectivity index (χ3v) is 4.27. The quantitative estimate of drug-likeness (QED) is 0.404. The van der Waals surface area contributed by atoms with E-state index in [1.807, 2.05) is 60.7 Å². The summed E-state index contributed by atoms with van der Waals surface area (Å²) < 4.78 is 0. The average molecular weight is 395 g/mol. The summed E-state index contributed by atoms with van der Waals surface area (Å²) in [4.78, 5) is 23.1. The molecule has 0 aliphatic rings. The largest absolute Gasteiger partial charge is 0.478 e. The average Bonchev–Trinajstić information content (AvgIpc) is 2.81. The van der Waals surface area contributed by atoms with Crippen molar-refractivity contribution in [1.82, 2.24) is 0 Å². The van der Waals surface area contributed by atoms with Crippen LogP contribution in [0.25, 0.3) is 0 Å². The molecule has 0 fully saturated rings.